The molecule has 0 aromatic heterocycles. The molecule has 0 saturated carbocycles. The Kier molecular flexibility index (Phi) is 6.07. The summed E-state index contributed by atoms with van der Waals surface area (Å²) in [6.07, 6.45) is 3.72. The molecule has 0 spiro atoms. The van der Waals surface area contributed by atoms with Crippen LogP contribution in [0.5, 0.6) is 5.75 Å². The quantitative estimate of drug-likeness (QED) is 0.900. The van der Waals surface area contributed by atoms with Gasteiger partial charge >= 0.3 is 0 Å². The number of ether oxygens (including phenoxy) is 1. The first-order valence-corrected chi connectivity index (χ1v) is 8.25. The smallest absolute Gasteiger partial charge is 0.123 e. The number of hydrogen-bond donors (Lipinski definition) is 1. The van der Waals surface area contributed by atoms with Crippen molar-refractivity contribution in [3.63, 3.8) is 0 Å². The molecule has 1 heterocycles. The van der Waals surface area contributed by atoms with Crippen molar-refractivity contribution in [2.24, 2.45) is 0 Å². The van der Waals surface area contributed by atoms with Crippen molar-refractivity contribution < 1.29 is 4.74 Å². The third-order valence-electron chi connectivity index (χ3n) is 4.52. The molecule has 0 amide bonds. The van der Waals surface area contributed by atoms with Gasteiger partial charge < -0.3 is 10.1 Å². The number of aryl methyl sites for hydroxylation is 1. The van der Waals surface area contributed by atoms with Gasteiger partial charge in [0.15, 0.2) is 0 Å². The van der Waals surface area contributed by atoms with Gasteiger partial charge in [-0.2, -0.15) is 0 Å². The van der Waals surface area contributed by atoms with E-state index in [1.807, 2.05) is 0 Å². The lowest BCUT2D eigenvalue weighted by molar-refractivity contribution is 0.191. The summed E-state index contributed by atoms with van der Waals surface area (Å²) in [6.45, 7) is 10.0. The molecule has 1 saturated heterocycles. The van der Waals surface area contributed by atoms with E-state index < -0.39 is 0 Å². The molecular weight excluding hydrogens is 260 g/mol. The molecule has 21 heavy (non-hydrogen) atoms. The van der Waals surface area contributed by atoms with Crippen LogP contribution in [0.1, 0.15) is 44.2 Å². The summed E-state index contributed by atoms with van der Waals surface area (Å²) in [4.78, 5) is 2.61. The van der Waals surface area contributed by atoms with Gasteiger partial charge in [0.2, 0.25) is 0 Å². The van der Waals surface area contributed by atoms with E-state index in [1.165, 1.54) is 30.4 Å². The molecule has 1 fully saturated rings. The van der Waals surface area contributed by atoms with Crippen LogP contribution in [0.25, 0.3) is 0 Å². The Morgan fingerprint density at radius 1 is 1.38 bits per heavy atom. The van der Waals surface area contributed by atoms with Crippen LogP contribution in [0.2, 0.25) is 0 Å². The SMILES string of the molecule is CCCC1CN(Cc2cc(C)ccc2OC)C(C)CCN1. The van der Waals surface area contributed by atoms with Crippen molar-refractivity contribution >= 4 is 0 Å². The summed E-state index contributed by atoms with van der Waals surface area (Å²) in [6, 6.07) is 7.71. The van der Waals surface area contributed by atoms with E-state index in [1.54, 1.807) is 7.11 Å². The molecule has 2 unspecified atom stereocenters. The maximum absolute atomic E-state index is 5.54. The third kappa shape index (κ3) is 4.45. The number of methoxy groups -OCH3 is 1. The topological polar surface area (TPSA) is 24.5 Å². The van der Waals surface area contributed by atoms with Crippen molar-refractivity contribution in [2.75, 3.05) is 20.2 Å². The molecule has 1 N–H and O–H groups in total. The number of nitrogens with one attached hydrogen (secondary N) is 1. The van der Waals surface area contributed by atoms with E-state index >= 15 is 0 Å². The fraction of sp³-hybridized carbons (Fsp3) is 0.667. The number of benzene rings is 1. The van der Waals surface area contributed by atoms with Gasteiger partial charge in [0.1, 0.15) is 5.75 Å². The Hall–Kier alpha value is -1.06. The standard InChI is InChI=1S/C18H30N2O/c1-5-6-17-13-20(15(3)9-10-19-17)12-16-11-14(2)7-8-18(16)21-4/h7-8,11,15,17,19H,5-6,9-10,12-13H2,1-4H3. The van der Waals surface area contributed by atoms with E-state index in [2.05, 4.69) is 49.2 Å². The minimum Gasteiger partial charge on any atom is -0.496 e. The normalized spacial score (nSPS) is 23.8. The predicted octanol–water partition coefficient (Wildman–Crippen LogP) is 3.36. The van der Waals surface area contributed by atoms with Crippen LogP contribution in [0, 0.1) is 6.92 Å². The molecule has 0 bridgehead atoms. The van der Waals surface area contributed by atoms with Crippen LogP contribution in [-0.2, 0) is 6.54 Å². The lowest BCUT2D eigenvalue weighted by atomic mass is 10.1. The van der Waals surface area contributed by atoms with Crippen molar-refractivity contribution in [3.8, 4) is 5.75 Å². The second-order valence-electron chi connectivity index (χ2n) is 6.32. The summed E-state index contributed by atoms with van der Waals surface area (Å²) in [5, 5.41) is 3.70. The Morgan fingerprint density at radius 3 is 2.90 bits per heavy atom. The second kappa shape index (κ2) is 7.81. The predicted molar refractivity (Wildman–Crippen MR) is 88.9 cm³/mol. The second-order valence-corrected chi connectivity index (χ2v) is 6.32. The minimum absolute atomic E-state index is 0.615. The monoisotopic (exact) mass is 290 g/mol. The van der Waals surface area contributed by atoms with Crippen LogP contribution in [0.3, 0.4) is 0 Å². The Balaban J connectivity index is 2.13. The molecule has 2 atom stereocenters. The third-order valence-corrected chi connectivity index (χ3v) is 4.52. The largest absolute Gasteiger partial charge is 0.496 e. The summed E-state index contributed by atoms with van der Waals surface area (Å²) in [5.41, 5.74) is 2.61. The highest BCUT2D eigenvalue weighted by molar-refractivity contribution is 5.36. The van der Waals surface area contributed by atoms with Gasteiger partial charge in [0.25, 0.3) is 0 Å². The maximum atomic E-state index is 5.54. The molecule has 0 radical (unpaired) electrons. The van der Waals surface area contributed by atoms with Crippen LogP contribution in [0.4, 0.5) is 0 Å². The van der Waals surface area contributed by atoms with Crippen molar-refractivity contribution in [3.05, 3.63) is 29.3 Å². The van der Waals surface area contributed by atoms with Crippen LogP contribution >= 0.6 is 0 Å². The molecule has 1 aliphatic heterocycles. The summed E-state index contributed by atoms with van der Waals surface area (Å²) in [7, 11) is 1.77. The number of rotatable bonds is 5. The number of hydrogen-bond acceptors (Lipinski definition) is 3. The first-order chi connectivity index (χ1) is 10.1. The van der Waals surface area contributed by atoms with Gasteiger partial charge in [0.05, 0.1) is 7.11 Å². The molecular formula is C18H30N2O. The van der Waals surface area contributed by atoms with Crippen molar-refractivity contribution in [1.29, 1.82) is 0 Å². The van der Waals surface area contributed by atoms with Gasteiger partial charge in [-0.1, -0.05) is 31.0 Å². The van der Waals surface area contributed by atoms with Crippen LogP contribution < -0.4 is 10.1 Å². The first-order valence-electron chi connectivity index (χ1n) is 8.25. The molecule has 1 aromatic rings. The average molecular weight is 290 g/mol. The van der Waals surface area contributed by atoms with E-state index in [0.717, 1.165) is 25.4 Å². The molecule has 1 aromatic carbocycles. The van der Waals surface area contributed by atoms with Crippen molar-refractivity contribution in [2.45, 2.75) is 58.7 Å². The highest BCUT2D eigenvalue weighted by Crippen LogP contribution is 2.24. The maximum Gasteiger partial charge on any atom is 0.123 e. The van der Waals surface area contributed by atoms with E-state index in [9.17, 15) is 0 Å². The zero-order chi connectivity index (χ0) is 15.2. The zero-order valence-electron chi connectivity index (χ0n) is 14.0. The van der Waals surface area contributed by atoms with Crippen molar-refractivity contribution in [1.82, 2.24) is 10.2 Å². The minimum atomic E-state index is 0.615. The van der Waals surface area contributed by atoms with E-state index in [0.29, 0.717) is 12.1 Å². The first kappa shape index (κ1) is 16.3. The van der Waals surface area contributed by atoms with E-state index in [4.69, 9.17) is 4.74 Å². The zero-order valence-corrected chi connectivity index (χ0v) is 14.0. The Labute approximate surface area is 129 Å². The summed E-state index contributed by atoms with van der Waals surface area (Å²) in [5.74, 6) is 1.01. The van der Waals surface area contributed by atoms with Gasteiger partial charge in [-0.3, -0.25) is 4.90 Å². The number of nitrogens with zero attached hydrogens (tertiary/aromatic N) is 1. The Morgan fingerprint density at radius 2 is 2.19 bits per heavy atom. The molecule has 1 aliphatic rings. The van der Waals surface area contributed by atoms with Gasteiger partial charge in [-0.05, 0) is 39.3 Å². The fourth-order valence-electron chi connectivity index (χ4n) is 3.22. The lowest BCUT2D eigenvalue weighted by Gasteiger charge is -2.29. The highest BCUT2D eigenvalue weighted by Gasteiger charge is 2.23. The molecule has 3 heteroatoms. The highest BCUT2D eigenvalue weighted by atomic mass is 16.5. The van der Waals surface area contributed by atoms with Gasteiger partial charge in [0, 0.05) is 30.7 Å². The van der Waals surface area contributed by atoms with Crippen LogP contribution in [-0.4, -0.2) is 37.2 Å². The van der Waals surface area contributed by atoms with Gasteiger partial charge in [-0.15, -0.1) is 0 Å². The lowest BCUT2D eigenvalue weighted by Crippen LogP contribution is -2.39. The molecule has 2 rings (SSSR count). The average Bonchev–Trinajstić information content (AvgIpc) is 2.62. The molecule has 118 valence electrons. The fourth-order valence-corrected chi connectivity index (χ4v) is 3.22. The molecule has 3 nitrogen and oxygen atoms in total. The summed E-state index contributed by atoms with van der Waals surface area (Å²) < 4.78 is 5.54. The van der Waals surface area contributed by atoms with Gasteiger partial charge in [-0.25, -0.2) is 0 Å². The summed E-state index contributed by atoms with van der Waals surface area (Å²) >= 11 is 0. The van der Waals surface area contributed by atoms with E-state index in [-0.39, 0.29) is 0 Å². The van der Waals surface area contributed by atoms with Crippen LogP contribution in [0.15, 0.2) is 18.2 Å². The Bertz CT molecular complexity index is 447. The molecule has 0 aliphatic carbocycles.